The molecule has 4 aromatic rings. The van der Waals surface area contributed by atoms with E-state index in [0.29, 0.717) is 12.6 Å². The number of phenolic OH excluding ortho intramolecular Hbond substituents is 1. The number of rotatable bonds is 9. The average Bonchev–Trinajstić information content (AvgIpc) is 3.53. The molecule has 1 aliphatic heterocycles. The van der Waals surface area contributed by atoms with Crippen LogP contribution in [0.15, 0.2) is 66.7 Å². The normalized spacial score (nSPS) is 16.8. The minimum atomic E-state index is 0.242. The molecule has 5 nitrogen and oxygen atoms in total. The number of hydrogen-bond acceptors (Lipinski definition) is 6. The van der Waals surface area contributed by atoms with Crippen LogP contribution in [0.4, 0.5) is 0 Å². The minimum Gasteiger partial charge on any atom is -0.508 e. The maximum atomic E-state index is 10.0. The van der Waals surface area contributed by atoms with Gasteiger partial charge in [-0.3, -0.25) is 4.90 Å². The van der Waals surface area contributed by atoms with Crippen molar-refractivity contribution in [3.05, 3.63) is 66.7 Å². The Morgan fingerprint density at radius 3 is 2.42 bits per heavy atom. The van der Waals surface area contributed by atoms with Gasteiger partial charge in [-0.1, -0.05) is 13.3 Å². The molecule has 6 heteroatoms. The van der Waals surface area contributed by atoms with Crippen LogP contribution in [-0.4, -0.2) is 42.9 Å². The monoisotopic (exact) mass is 503 g/mol. The quantitative estimate of drug-likeness (QED) is 0.255. The Kier molecular flexibility index (Phi) is 7.35. The fourth-order valence-electron chi connectivity index (χ4n) is 4.74. The average molecular weight is 504 g/mol. The van der Waals surface area contributed by atoms with Crippen LogP contribution in [0.5, 0.6) is 28.7 Å². The van der Waals surface area contributed by atoms with Gasteiger partial charge in [0, 0.05) is 22.7 Å². The number of likely N-dealkylation sites (tertiary alicyclic amines) is 1. The van der Waals surface area contributed by atoms with Crippen LogP contribution < -0.4 is 14.2 Å². The minimum absolute atomic E-state index is 0.242. The number of methoxy groups -OCH3 is 1. The highest BCUT2D eigenvalue weighted by Gasteiger charge is 2.25. The Balaban J connectivity index is 1.32. The summed E-state index contributed by atoms with van der Waals surface area (Å²) in [6, 6.07) is 21.5. The van der Waals surface area contributed by atoms with Crippen molar-refractivity contribution in [1.29, 1.82) is 0 Å². The first kappa shape index (κ1) is 24.5. The molecular weight excluding hydrogens is 470 g/mol. The molecule has 1 fully saturated rings. The van der Waals surface area contributed by atoms with E-state index in [1.807, 2.05) is 54.6 Å². The van der Waals surface area contributed by atoms with E-state index in [9.17, 15) is 5.11 Å². The largest absolute Gasteiger partial charge is 0.508 e. The van der Waals surface area contributed by atoms with Crippen molar-refractivity contribution in [2.45, 2.75) is 32.7 Å². The van der Waals surface area contributed by atoms with Crippen LogP contribution >= 0.6 is 11.3 Å². The molecule has 2 heterocycles. The van der Waals surface area contributed by atoms with Gasteiger partial charge in [0.05, 0.1) is 12.0 Å². The predicted molar refractivity (Wildman–Crippen MR) is 147 cm³/mol. The van der Waals surface area contributed by atoms with Crippen molar-refractivity contribution in [3.63, 3.8) is 0 Å². The number of ether oxygens (including phenoxy) is 3. The molecule has 2 atom stereocenters. The number of aromatic hydroxyl groups is 1. The third-order valence-electron chi connectivity index (χ3n) is 7.03. The molecule has 188 valence electrons. The summed E-state index contributed by atoms with van der Waals surface area (Å²) in [6.45, 7) is 7.55. The zero-order valence-corrected chi connectivity index (χ0v) is 21.9. The van der Waals surface area contributed by atoms with E-state index in [2.05, 4.69) is 18.7 Å². The van der Waals surface area contributed by atoms with Gasteiger partial charge in [-0.2, -0.15) is 0 Å². The summed E-state index contributed by atoms with van der Waals surface area (Å²) < 4.78 is 18.8. The van der Waals surface area contributed by atoms with Gasteiger partial charge in [0.1, 0.15) is 29.6 Å². The van der Waals surface area contributed by atoms with E-state index in [0.717, 1.165) is 49.4 Å². The first-order chi connectivity index (χ1) is 17.5. The molecule has 0 radical (unpaired) electrons. The lowest BCUT2D eigenvalue weighted by molar-refractivity contribution is 0.168. The van der Waals surface area contributed by atoms with Crippen LogP contribution in [0.3, 0.4) is 0 Å². The standard InChI is InChI=1S/C30H33NO4S/c1-4-21-15-16-31(18-21)20(2)19-34-25-10-12-26(13-11-25)35-29-27-14-7-23(32)17-28(27)36-30(29)22-5-8-24(33-3)9-6-22/h5-14,17,20-21,32H,4,15-16,18-19H2,1-3H3/t20-,21+/m0/s1. The van der Waals surface area contributed by atoms with Crippen LogP contribution in [0.1, 0.15) is 26.7 Å². The molecule has 0 unspecified atom stereocenters. The van der Waals surface area contributed by atoms with Gasteiger partial charge in [0.25, 0.3) is 0 Å². The number of nitrogens with zero attached hydrogens (tertiary/aromatic N) is 1. The van der Waals surface area contributed by atoms with Gasteiger partial charge < -0.3 is 19.3 Å². The summed E-state index contributed by atoms with van der Waals surface area (Å²) in [5.74, 6) is 4.23. The fourth-order valence-corrected chi connectivity index (χ4v) is 5.90. The smallest absolute Gasteiger partial charge is 0.153 e. The van der Waals surface area contributed by atoms with Crippen LogP contribution in [-0.2, 0) is 0 Å². The zero-order valence-electron chi connectivity index (χ0n) is 21.1. The lowest BCUT2D eigenvalue weighted by Crippen LogP contribution is -2.35. The van der Waals surface area contributed by atoms with Crippen molar-refractivity contribution in [3.8, 4) is 39.2 Å². The lowest BCUT2D eigenvalue weighted by Gasteiger charge is -2.24. The van der Waals surface area contributed by atoms with Crippen molar-refractivity contribution >= 4 is 21.4 Å². The number of fused-ring (bicyclic) bond motifs is 1. The Morgan fingerprint density at radius 1 is 1.00 bits per heavy atom. The maximum absolute atomic E-state index is 10.0. The van der Waals surface area contributed by atoms with Crippen LogP contribution in [0, 0.1) is 5.92 Å². The van der Waals surface area contributed by atoms with E-state index in [1.54, 1.807) is 30.6 Å². The highest BCUT2D eigenvalue weighted by molar-refractivity contribution is 7.22. The summed E-state index contributed by atoms with van der Waals surface area (Å²) in [4.78, 5) is 3.54. The Morgan fingerprint density at radius 2 is 1.72 bits per heavy atom. The van der Waals surface area contributed by atoms with E-state index < -0.39 is 0 Å². The predicted octanol–water partition coefficient (Wildman–Crippen LogP) is 7.57. The van der Waals surface area contributed by atoms with Gasteiger partial charge in [-0.25, -0.2) is 0 Å². The first-order valence-corrected chi connectivity index (χ1v) is 13.4. The number of thiophene rings is 1. The van der Waals surface area contributed by atoms with Crippen molar-refractivity contribution in [2.24, 2.45) is 5.92 Å². The SMILES string of the molecule is CC[C@@H]1CCN([C@@H](C)COc2ccc(Oc3c(-c4ccc(OC)cc4)sc4cc(O)ccc34)cc2)C1. The molecule has 0 spiro atoms. The summed E-state index contributed by atoms with van der Waals surface area (Å²) in [6.07, 6.45) is 2.55. The lowest BCUT2D eigenvalue weighted by atomic mass is 10.1. The molecule has 1 aliphatic rings. The molecule has 1 N–H and O–H groups in total. The molecule has 0 bridgehead atoms. The van der Waals surface area contributed by atoms with Crippen molar-refractivity contribution < 1.29 is 19.3 Å². The Labute approximate surface area is 216 Å². The third-order valence-corrected chi connectivity index (χ3v) is 8.22. The third kappa shape index (κ3) is 5.30. The van der Waals surface area contributed by atoms with Crippen LogP contribution in [0.25, 0.3) is 20.5 Å². The summed E-state index contributed by atoms with van der Waals surface area (Å²) in [7, 11) is 1.66. The molecule has 0 amide bonds. The first-order valence-electron chi connectivity index (χ1n) is 12.6. The highest BCUT2D eigenvalue weighted by Crippen LogP contribution is 2.47. The summed E-state index contributed by atoms with van der Waals surface area (Å²) in [5.41, 5.74) is 1.03. The molecule has 0 aliphatic carbocycles. The van der Waals surface area contributed by atoms with E-state index in [1.165, 1.54) is 25.9 Å². The van der Waals surface area contributed by atoms with Gasteiger partial charge in [0.2, 0.25) is 0 Å². The van der Waals surface area contributed by atoms with E-state index in [-0.39, 0.29) is 5.75 Å². The van der Waals surface area contributed by atoms with E-state index in [4.69, 9.17) is 14.2 Å². The zero-order chi connectivity index (χ0) is 25.1. The molecule has 36 heavy (non-hydrogen) atoms. The van der Waals surface area contributed by atoms with Gasteiger partial charge >= 0.3 is 0 Å². The number of phenols is 1. The molecule has 1 saturated heterocycles. The van der Waals surface area contributed by atoms with Crippen LogP contribution in [0.2, 0.25) is 0 Å². The second-order valence-electron chi connectivity index (χ2n) is 9.46. The summed E-state index contributed by atoms with van der Waals surface area (Å²) in [5, 5.41) is 11.0. The molecule has 3 aromatic carbocycles. The second kappa shape index (κ2) is 10.8. The number of hydrogen-bond donors (Lipinski definition) is 1. The molecule has 1 aromatic heterocycles. The van der Waals surface area contributed by atoms with Gasteiger partial charge in [0.15, 0.2) is 5.75 Å². The van der Waals surface area contributed by atoms with Crippen molar-refractivity contribution in [2.75, 3.05) is 26.8 Å². The Bertz CT molecular complexity index is 1300. The molecule has 0 saturated carbocycles. The molecule has 5 rings (SSSR count). The summed E-state index contributed by atoms with van der Waals surface area (Å²) >= 11 is 1.60. The fraction of sp³-hybridized carbons (Fsp3) is 0.333. The van der Waals surface area contributed by atoms with Crippen molar-refractivity contribution in [1.82, 2.24) is 4.90 Å². The van der Waals surface area contributed by atoms with Gasteiger partial charge in [-0.15, -0.1) is 11.3 Å². The Hall–Kier alpha value is -3.22. The highest BCUT2D eigenvalue weighted by atomic mass is 32.1. The maximum Gasteiger partial charge on any atom is 0.153 e. The molecular formula is C30H33NO4S. The topological polar surface area (TPSA) is 51.2 Å². The second-order valence-corrected chi connectivity index (χ2v) is 10.5. The van der Waals surface area contributed by atoms with Gasteiger partial charge in [-0.05, 0) is 98.1 Å². The van der Waals surface area contributed by atoms with E-state index >= 15 is 0 Å². The number of benzene rings is 3.